The molecular weight excluding hydrogens is 335 g/mol. The summed E-state index contributed by atoms with van der Waals surface area (Å²) in [5, 5.41) is 11.2. The maximum absolute atomic E-state index is 13.2. The number of halogens is 1. The highest BCUT2D eigenvalue weighted by Crippen LogP contribution is 2.24. The van der Waals surface area contributed by atoms with E-state index in [1.54, 1.807) is 6.07 Å². The molecule has 1 aliphatic rings. The maximum Gasteiger partial charge on any atom is 0.303 e. The summed E-state index contributed by atoms with van der Waals surface area (Å²) in [6.45, 7) is 0. The second-order valence-electron chi connectivity index (χ2n) is 5.48. The number of rotatable bonds is 7. The third-order valence-corrected chi connectivity index (χ3v) is 4.64. The number of carboxylic acid groups (broad SMARTS) is 1. The van der Waals surface area contributed by atoms with Gasteiger partial charge in [0.25, 0.3) is 0 Å². The SMILES string of the molecule is O=C(O)CCCCC(=O)N1CSCC1C(=O)Nc1cccc(F)c1. The Labute approximate surface area is 143 Å². The normalized spacial score (nSPS) is 16.9. The van der Waals surface area contributed by atoms with Crippen LogP contribution in [0.3, 0.4) is 0 Å². The van der Waals surface area contributed by atoms with E-state index < -0.39 is 17.8 Å². The average Bonchev–Trinajstić information content (AvgIpc) is 3.01. The van der Waals surface area contributed by atoms with E-state index in [1.165, 1.54) is 34.9 Å². The third kappa shape index (κ3) is 5.23. The first-order valence-corrected chi connectivity index (χ1v) is 8.78. The molecule has 8 heteroatoms. The summed E-state index contributed by atoms with van der Waals surface area (Å²) in [5.41, 5.74) is 0.353. The van der Waals surface area contributed by atoms with Crippen molar-refractivity contribution in [1.29, 1.82) is 0 Å². The molecule has 24 heavy (non-hydrogen) atoms. The van der Waals surface area contributed by atoms with Crippen LogP contribution in [-0.4, -0.2) is 45.5 Å². The Bertz CT molecular complexity index is 626. The molecule has 130 valence electrons. The predicted octanol–water partition coefficient (Wildman–Crippen LogP) is 2.31. The zero-order chi connectivity index (χ0) is 17.5. The molecule has 1 unspecified atom stereocenters. The van der Waals surface area contributed by atoms with Crippen molar-refractivity contribution in [2.24, 2.45) is 0 Å². The Hall–Kier alpha value is -2.09. The van der Waals surface area contributed by atoms with Crippen LogP contribution in [0.15, 0.2) is 24.3 Å². The van der Waals surface area contributed by atoms with Gasteiger partial charge in [-0.15, -0.1) is 11.8 Å². The van der Waals surface area contributed by atoms with Gasteiger partial charge in [0.1, 0.15) is 11.9 Å². The van der Waals surface area contributed by atoms with Crippen molar-refractivity contribution in [3.63, 3.8) is 0 Å². The standard InChI is InChI=1S/C16H19FN2O4S/c17-11-4-3-5-12(8-11)18-16(23)13-9-24-10-19(13)14(20)6-1-2-7-15(21)22/h3-5,8,13H,1-2,6-7,9-10H2,(H,18,23)(H,21,22). The zero-order valence-electron chi connectivity index (χ0n) is 13.0. The number of hydrogen-bond acceptors (Lipinski definition) is 4. The molecule has 1 fully saturated rings. The third-order valence-electron chi connectivity index (χ3n) is 3.63. The molecule has 0 spiro atoms. The monoisotopic (exact) mass is 354 g/mol. The first-order chi connectivity index (χ1) is 11.5. The molecular formula is C16H19FN2O4S. The Morgan fingerprint density at radius 2 is 2.04 bits per heavy atom. The fourth-order valence-corrected chi connectivity index (χ4v) is 3.57. The highest BCUT2D eigenvalue weighted by molar-refractivity contribution is 7.99. The van der Waals surface area contributed by atoms with E-state index in [4.69, 9.17) is 5.11 Å². The summed E-state index contributed by atoms with van der Waals surface area (Å²) in [6, 6.07) is 5.00. The van der Waals surface area contributed by atoms with Crippen molar-refractivity contribution in [1.82, 2.24) is 4.90 Å². The number of unbranched alkanes of at least 4 members (excludes halogenated alkanes) is 1. The van der Waals surface area contributed by atoms with Gasteiger partial charge in [-0.3, -0.25) is 14.4 Å². The molecule has 1 aromatic carbocycles. The van der Waals surface area contributed by atoms with E-state index in [-0.39, 0.29) is 24.7 Å². The van der Waals surface area contributed by atoms with Crippen LogP contribution in [0.25, 0.3) is 0 Å². The van der Waals surface area contributed by atoms with Gasteiger partial charge in [0.05, 0.1) is 5.88 Å². The molecule has 0 bridgehead atoms. The second kappa shape index (κ2) is 8.68. The van der Waals surface area contributed by atoms with Crippen LogP contribution in [0.4, 0.5) is 10.1 Å². The summed E-state index contributed by atoms with van der Waals surface area (Å²) in [5.74, 6) is -0.915. The number of anilines is 1. The predicted molar refractivity (Wildman–Crippen MR) is 89.1 cm³/mol. The maximum atomic E-state index is 13.2. The number of benzene rings is 1. The van der Waals surface area contributed by atoms with Crippen molar-refractivity contribution in [2.75, 3.05) is 16.9 Å². The summed E-state index contributed by atoms with van der Waals surface area (Å²) in [4.78, 5) is 36.5. The summed E-state index contributed by atoms with van der Waals surface area (Å²) in [7, 11) is 0. The summed E-state index contributed by atoms with van der Waals surface area (Å²) >= 11 is 1.48. The molecule has 1 heterocycles. The number of amides is 2. The molecule has 0 radical (unpaired) electrons. The number of carboxylic acids is 1. The number of carbonyl (C=O) groups is 3. The van der Waals surface area contributed by atoms with E-state index in [9.17, 15) is 18.8 Å². The zero-order valence-corrected chi connectivity index (χ0v) is 13.9. The Morgan fingerprint density at radius 3 is 2.75 bits per heavy atom. The van der Waals surface area contributed by atoms with Gasteiger partial charge in [0.2, 0.25) is 11.8 Å². The number of nitrogens with zero attached hydrogens (tertiary/aromatic N) is 1. The van der Waals surface area contributed by atoms with Crippen LogP contribution in [-0.2, 0) is 14.4 Å². The molecule has 2 amide bonds. The molecule has 1 atom stereocenters. The average molecular weight is 354 g/mol. The van der Waals surface area contributed by atoms with Crippen molar-refractivity contribution in [3.8, 4) is 0 Å². The first kappa shape index (κ1) is 18.3. The van der Waals surface area contributed by atoms with Crippen molar-refractivity contribution < 1.29 is 23.9 Å². The lowest BCUT2D eigenvalue weighted by Gasteiger charge is -2.23. The van der Waals surface area contributed by atoms with Crippen LogP contribution < -0.4 is 5.32 Å². The van der Waals surface area contributed by atoms with E-state index in [1.807, 2.05) is 0 Å². The number of hydrogen-bond donors (Lipinski definition) is 2. The van der Waals surface area contributed by atoms with Gasteiger partial charge in [-0.2, -0.15) is 0 Å². The van der Waals surface area contributed by atoms with Gasteiger partial charge in [-0.1, -0.05) is 6.07 Å². The van der Waals surface area contributed by atoms with Gasteiger partial charge in [-0.05, 0) is 31.0 Å². The van der Waals surface area contributed by atoms with Crippen molar-refractivity contribution in [3.05, 3.63) is 30.1 Å². The van der Waals surface area contributed by atoms with Gasteiger partial charge < -0.3 is 15.3 Å². The minimum Gasteiger partial charge on any atom is -0.481 e. The largest absolute Gasteiger partial charge is 0.481 e. The van der Waals surface area contributed by atoms with Crippen molar-refractivity contribution in [2.45, 2.75) is 31.7 Å². The molecule has 0 aromatic heterocycles. The molecule has 1 aliphatic heterocycles. The van der Waals surface area contributed by atoms with Gasteiger partial charge in [0, 0.05) is 24.3 Å². The van der Waals surface area contributed by atoms with Crippen LogP contribution in [0, 0.1) is 5.82 Å². The smallest absolute Gasteiger partial charge is 0.303 e. The molecule has 2 rings (SSSR count). The van der Waals surface area contributed by atoms with Crippen LogP contribution in [0.1, 0.15) is 25.7 Å². The van der Waals surface area contributed by atoms with Gasteiger partial charge >= 0.3 is 5.97 Å². The lowest BCUT2D eigenvalue weighted by atomic mass is 10.1. The summed E-state index contributed by atoms with van der Waals surface area (Å²) < 4.78 is 13.2. The number of thioether (sulfide) groups is 1. The van der Waals surface area contributed by atoms with Crippen LogP contribution in [0.2, 0.25) is 0 Å². The highest BCUT2D eigenvalue weighted by atomic mass is 32.2. The summed E-state index contributed by atoms with van der Waals surface area (Å²) in [6.07, 6.45) is 1.16. The topological polar surface area (TPSA) is 86.7 Å². The van der Waals surface area contributed by atoms with Gasteiger partial charge in [-0.25, -0.2) is 4.39 Å². The lowest BCUT2D eigenvalue weighted by Crippen LogP contribution is -2.44. The van der Waals surface area contributed by atoms with Crippen molar-refractivity contribution >= 4 is 35.2 Å². The highest BCUT2D eigenvalue weighted by Gasteiger charge is 2.34. The Kier molecular flexibility index (Phi) is 6.60. The van der Waals surface area contributed by atoms with Crippen LogP contribution >= 0.6 is 11.8 Å². The Morgan fingerprint density at radius 1 is 1.29 bits per heavy atom. The molecule has 0 saturated carbocycles. The Balaban J connectivity index is 1.88. The minimum atomic E-state index is -0.883. The molecule has 1 aromatic rings. The number of carbonyl (C=O) groups excluding carboxylic acids is 2. The minimum absolute atomic E-state index is 0.0332. The van der Waals surface area contributed by atoms with E-state index in [2.05, 4.69) is 5.32 Å². The number of nitrogens with one attached hydrogen (secondary N) is 1. The quantitative estimate of drug-likeness (QED) is 0.734. The fraction of sp³-hybridized carbons (Fsp3) is 0.438. The first-order valence-electron chi connectivity index (χ1n) is 7.63. The van der Waals surface area contributed by atoms with E-state index in [0.29, 0.717) is 30.2 Å². The molecule has 2 N–H and O–H groups in total. The van der Waals surface area contributed by atoms with E-state index in [0.717, 1.165) is 0 Å². The van der Waals surface area contributed by atoms with Gasteiger partial charge in [0.15, 0.2) is 0 Å². The molecule has 1 saturated heterocycles. The fourth-order valence-electron chi connectivity index (χ4n) is 2.39. The molecule has 0 aliphatic carbocycles. The second-order valence-corrected chi connectivity index (χ2v) is 6.48. The van der Waals surface area contributed by atoms with E-state index >= 15 is 0 Å². The lowest BCUT2D eigenvalue weighted by molar-refractivity contribution is -0.138. The number of aliphatic carboxylic acids is 1. The van der Waals surface area contributed by atoms with Crippen LogP contribution in [0.5, 0.6) is 0 Å². The molecule has 6 nitrogen and oxygen atoms in total.